The first kappa shape index (κ1) is 24.2. The second-order valence-corrected chi connectivity index (χ2v) is 9.29. The molecule has 3 heterocycles. The number of pyridine rings is 3. The summed E-state index contributed by atoms with van der Waals surface area (Å²) in [5.74, 6) is 1.21. The van der Waals surface area contributed by atoms with Crippen molar-refractivity contribution in [2.75, 3.05) is 11.9 Å². The lowest BCUT2D eigenvalue weighted by Crippen LogP contribution is -2.36. The molecule has 0 bridgehead atoms. The molecule has 180 valence electrons. The van der Waals surface area contributed by atoms with Crippen molar-refractivity contribution >= 4 is 11.6 Å². The Bertz CT molecular complexity index is 1110. The van der Waals surface area contributed by atoms with E-state index in [1.54, 1.807) is 6.20 Å². The Morgan fingerprint density at radius 2 is 1.82 bits per heavy atom. The third-order valence-electron chi connectivity index (χ3n) is 6.74. The zero-order valence-electron chi connectivity index (χ0n) is 19.4. The van der Waals surface area contributed by atoms with Gasteiger partial charge < -0.3 is 15.5 Å². The third kappa shape index (κ3) is 5.39. The molecule has 4 rings (SSSR count). The topological polar surface area (TPSA) is 91.2 Å². The molecule has 1 aliphatic rings. The van der Waals surface area contributed by atoms with Crippen LogP contribution in [0.1, 0.15) is 55.9 Å². The first-order chi connectivity index (χ1) is 16.3. The van der Waals surface area contributed by atoms with Gasteiger partial charge in [0.05, 0.1) is 11.4 Å². The molecule has 1 aliphatic carbocycles. The lowest BCUT2D eigenvalue weighted by atomic mass is 9.73. The SMILES string of the molecule is Cc1cc(Nc2cc(C(F)F)ccn2)nc(-c2ccc(C(C)(O)[C@H]3CC[C@H](CO)CC3)nc2)c1. The Balaban J connectivity index is 1.52. The fraction of sp³-hybridized carbons (Fsp3) is 0.423. The summed E-state index contributed by atoms with van der Waals surface area (Å²) >= 11 is 0. The summed E-state index contributed by atoms with van der Waals surface area (Å²) in [4.78, 5) is 13.3. The number of aliphatic hydroxyl groups is 2. The van der Waals surface area contributed by atoms with Gasteiger partial charge >= 0.3 is 0 Å². The predicted octanol–water partition coefficient (Wildman–Crippen LogP) is 5.53. The molecular formula is C26H30F2N4O2. The Morgan fingerprint density at radius 1 is 1.06 bits per heavy atom. The number of anilines is 2. The van der Waals surface area contributed by atoms with Crippen LogP contribution in [-0.2, 0) is 5.60 Å². The first-order valence-corrected chi connectivity index (χ1v) is 11.6. The average molecular weight is 469 g/mol. The third-order valence-corrected chi connectivity index (χ3v) is 6.74. The van der Waals surface area contributed by atoms with E-state index in [4.69, 9.17) is 0 Å². The van der Waals surface area contributed by atoms with Gasteiger partial charge in [-0.3, -0.25) is 4.98 Å². The number of aryl methyl sites for hydroxylation is 1. The van der Waals surface area contributed by atoms with Crippen molar-refractivity contribution in [1.29, 1.82) is 0 Å². The standard InChI is InChI=1S/C26H30F2N4O2/c1-16-11-21(31-24(12-16)32-23-13-18(25(27)28)9-10-29-23)19-5-8-22(30-14-19)26(2,34)20-6-3-17(15-33)4-7-20/h5,8-14,17,20,25,33-34H,3-4,6-7,15H2,1-2H3,(H,29,31,32)/t17-,20-,26?. The molecule has 0 aliphatic heterocycles. The van der Waals surface area contributed by atoms with Crippen LogP contribution in [0.25, 0.3) is 11.3 Å². The van der Waals surface area contributed by atoms with E-state index in [2.05, 4.69) is 20.3 Å². The molecule has 1 atom stereocenters. The van der Waals surface area contributed by atoms with Crippen molar-refractivity contribution < 1.29 is 19.0 Å². The molecule has 8 heteroatoms. The Labute approximate surface area is 198 Å². The van der Waals surface area contributed by atoms with Crippen LogP contribution >= 0.6 is 0 Å². The van der Waals surface area contributed by atoms with Gasteiger partial charge in [0.1, 0.15) is 17.2 Å². The van der Waals surface area contributed by atoms with Crippen molar-refractivity contribution in [2.45, 2.75) is 51.6 Å². The Morgan fingerprint density at radius 3 is 2.47 bits per heavy atom. The van der Waals surface area contributed by atoms with Crippen LogP contribution in [0, 0.1) is 18.8 Å². The highest BCUT2D eigenvalue weighted by Crippen LogP contribution is 2.40. The van der Waals surface area contributed by atoms with Crippen molar-refractivity contribution in [3.63, 3.8) is 0 Å². The van der Waals surface area contributed by atoms with E-state index in [1.807, 2.05) is 38.1 Å². The molecule has 1 unspecified atom stereocenters. The number of nitrogens with one attached hydrogen (secondary N) is 1. The quantitative estimate of drug-likeness (QED) is 0.422. The molecule has 34 heavy (non-hydrogen) atoms. The normalized spacial score (nSPS) is 20.2. The monoisotopic (exact) mass is 468 g/mol. The molecule has 3 N–H and O–H groups in total. The maximum Gasteiger partial charge on any atom is 0.264 e. The van der Waals surface area contributed by atoms with Gasteiger partial charge in [0.15, 0.2) is 0 Å². The van der Waals surface area contributed by atoms with Crippen LogP contribution in [0.15, 0.2) is 48.8 Å². The predicted molar refractivity (Wildman–Crippen MR) is 127 cm³/mol. The van der Waals surface area contributed by atoms with Crippen LogP contribution in [0.4, 0.5) is 20.4 Å². The Hall–Kier alpha value is -2.97. The highest BCUT2D eigenvalue weighted by molar-refractivity contribution is 5.64. The maximum absolute atomic E-state index is 13.0. The van der Waals surface area contributed by atoms with Crippen molar-refractivity contribution in [1.82, 2.24) is 15.0 Å². The summed E-state index contributed by atoms with van der Waals surface area (Å²) in [6, 6.07) is 10.0. The summed E-state index contributed by atoms with van der Waals surface area (Å²) < 4.78 is 26.0. The van der Waals surface area contributed by atoms with Gasteiger partial charge in [-0.15, -0.1) is 0 Å². The summed E-state index contributed by atoms with van der Waals surface area (Å²) in [6.45, 7) is 3.94. The summed E-state index contributed by atoms with van der Waals surface area (Å²) in [7, 11) is 0. The summed E-state index contributed by atoms with van der Waals surface area (Å²) in [5, 5.41) is 23.6. The molecule has 3 aromatic heterocycles. The number of hydrogen-bond donors (Lipinski definition) is 3. The molecule has 0 radical (unpaired) electrons. The van der Waals surface area contributed by atoms with Crippen LogP contribution in [0.3, 0.4) is 0 Å². The van der Waals surface area contributed by atoms with E-state index in [0.717, 1.165) is 36.8 Å². The maximum atomic E-state index is 13.0. The van der Waals surface area contributed by atoms with Crippen molar-refractivity contribution in [3.8, 4) is 11.3 Å². The smallest absolute Gasteiger partial charge is 0.264 e. The fourth-order valence-corrected chi connectivity index (χ4v) is 4.62. The van der Waals surface area contributed by atoms with Gasteiger partial charge in [0.2, 0.25) is 0 Å². The highest BCUT2D eigenvalue weighted by atomic mass is 19.3. The van der Waals surface area contributed by atoms with E-state index in [1.165, 1.54) is 18.3 Å². The Kier molecular flexibility index (Phi) is 7.19. The van der Waals surface area contributed by atoms with E-state index in [0.29, 0.717) is 28.9 Å². The molecule has 0 spiro atoms. The van der Waals surface area contributed by atoms with Gasteiger partial charge in [-0.1, -0.05) is 0 Å². The average Bonchev–Trinajstić information content (AvgIpc) is 2.84. The first-order valence-electron chi connectivity index (χ1n) is 11.6. The summed E-state index contributed by atoms with van der Waals surface area (Å²) in [5.41, 5.74) is 1.85. The highest BCUT2D eigenvalue weighted by Gasteiger charge is 2.37. The molecule has 1 fully saturated rings. The molecular weight excluding hydrogens is 438 g/mol. The second-order valence-electron chi connectivity index (χ2n) is 9.29. The second kappa shape index (κ2) is 10.1. The number of rotatable bonds is 7. The summed E-state index contributed by atoms with van der Waals surface area (Å²) in [6.07, 6.45) is 4.00. The van der Waals surface area contributed by atoms with Crippen LogP contribution in [0.5, 0.6) is 0 Å². The molecule has 0 aromatic carbocycles. The number of alkyl halides is 2. The van der Waals surface area contributed by atoms with Gasteiger partial charge in [0.25, 0.3) is 6.43 Å². The van der Waals surface area contributed by atoms with E-state index >= 15 is 0 Å². The van der Waals surface area contributed by atoms with Crippen LogP contribution < -0.4 is 5.32 Å². The van der Waals surface area contributed by atoms with E-state index < -0.39 is 12.0 Å². The van der Waals surface area contributed by atoms with Crippen molar-refractivity contribution in [2.24, 2.45) is 11.8 Å². The lowest BCUT2D eigenvalue weighted by molar-refractivity contribution is -0.0340. The molecule has 0 saturated heterocycles. The minimum atomic E-state index is -2.57. The molecule has 3 aromatic rings. The zero-order chi connectivity index (χ0) is 24.3. The van der Waals surface area contributed by atoms with E-state index in [-0.39, 0.29) is 18.1 Å². The minimum absolute atomic E-state index is 0.0954. The molecule has 0 amide bonds. The number of halogens is 2. The minimum Gasteiger partial charge on any atom is -0.396 e. The number of nitrogens with zero attached hydrogens (tertiary/aromatic N) is 3. The van der Waals surface area contributed by atoms with Gasteiger partial charge in [-0.05, 0) is 93.3 Å². The van der Waals surface area contributed by atoms with E-state index in [9.17, 15) is 19.0 Å². The van der Waals surface area contributed by atoms with Gasteiger partial charge in [-0.25, -0.2) is 18.7 Å². The zero-order valence-corrected chi connectivity index (χ0v) is 19.4. The number of aromatic nitrogens is 3. The van der Waals surface area contributed by atoms with Gasteiger partial charge in [0, 0.05) is 30.1 Å². The lowest BCUT2D eigenvalue weighted by Gasteiger charge is -2.37. The number of hydrogen-bond acceptors (Lipinski definition) is 6. The van der Waals surface area contributed by atoms with Crippen LogP contribution in [0.2, 0.25) is 0 Å². The molecule has 6 nitrogen and oxygen atoms in total. The van der Waals surface area contributed by atoms with Crippen molar-refractivity contribution in [3.05, 3.63) is 65.6 Å². The van der Waals surface area contributed by atoms with Crippen LogP contribution in [-0.4, -0.2) is 31.8 Å². The largest absolute Gasteiger partial charge is 0.396 e. The fourth-order valence-electron chi connectivity index (χ4n) is 4.62. The number of aliphatic hydroxyl groups excluding tert-OH is 1. The molecule has 1 saturated carbocycles. The van der Waals surface area contributed by atoms with Gasteiger partial charge in [-0.2, -0.15) is 0 Å².